The van der Waals surface area contributed by atoms with Crippen molar-refractivity contribution in [3.8, 4) is 5.75 Å². The second-order valence-electron chi connectivity index (χ2n) is 9.65. The molecule has 1 amide bonds. The van der Waals surface area contributed by atoms with Gasteiger partial charge in [-0.25, -0.2) is 9.97 Å². The fourth-order valence-electron chi connectivity index (χ4n) is 5.61. The smallest absolute Gasteiger partial charge is 0.406 e. The summed E-state index contributed by atoms with van der Waals surface area (Å²) in [6.45, 7) is 1.22. The van der Waals surface area contributed by atoms with Crippen molar-refractivity contribution in [2.75, 3.05) is 25.0 Å². The second kappa shape index (κ2) is 9.05. The number of carbonyl (C=O) groups excluding carboxylic acids is 1. The largest absolute Gasteiger partial charge is 0.573 e. The third kappa shape index (κ3) is 4.92. The molecule has 0 atom stereocenters. The predicted molar refractivity (Wildman–Crippen MR) is 125 cm³/mol. The maximum Gasteiger partial charge on any atom is 0.573 e. The molecular weight excluding hydrogens is 459 g/mol. The molecule has 1 spiro atoms. The topological polar surface area (TPSA) is 74.4 Å². The number of amides is 1. The lowest BCUT2D eigenvalue weighted by Gasteiger charge is -2.47. The van der Waals surface area contributed by atoms with Gasteiger partial charge in [-0.2, -0.15) is 0 Å². The minimum Gasteiger partial charge on any atom is -0.406 e. The van der Waals surface area contributed by atoms with Gasteiger partial charge < -0.3 is 19.5 Å². The third-order valence-electron chi connectivity index (χ3n) is 7.66. The predicted octanol–water partition coefficient (Wildman–Crippen LogP) is 5.16. The molecule has 10 heteroatoms. The number of nitrogens with one attached hydrogen (secondary N) is 1. The van der Waals surface area contributed by atoms with Crippen LogP contribution in [0.1, 0.15) is 48.9 Å². The van der Waals surface area contributed by atoms with Crippen LogP contribution in [-0.4, -0.2) is 58.3 Å². The Morgan fingerprint density at radius 2 is 1.89 bits per heavy atom. The average molecular weight is 488 g/mol. The first-order chi connectivity index (χ1) is 16.7. The summed E-state index contributed by atoms with van der Waals surface area (Å²) in [5.74, 6) is 0.314. The summed E-state index contributed by atoms with van der Waals surface area (Å²) in [6, 6.07) is 7.71. The minimum atomic E-state index is -4.78. The summed E-state index contributed by atoms with van der Waals surface area (Å²) in [4.78, 5) is 28.9. The number of ether oxygens (including phenoxy) is 1. The normalized spacial score (nSPS) is 18.7. The van der Waals surface area contributed by atoms with Crippen LogP contribution in [0, 0.1) is 5.41 Å². The number of alkyl halides is 3. The fourth-order valence-corrected chi connectivity index (χ4v) is 5.61. The van der Waals surface area contributed by atoms with E-state index in [9.17, 15) is 18.0 Å². The van der Waals surface area contributed by atoms with Crippen molar-refractivity contribution in [2.45, 2.75) is 50.9 Å². The summed E-state index contributed by atoms with van der Waals surface area (Å²) in [6.07, 6.45) is 4.77. The number of halogens is 3. The van der Waals surface area contributed by atoms with Crippen molar-refractivity contribution in [3.05, 3.63) is 48.4 Å². The average Bonchev–Trinajstić information content (AvgIpc) is 3.32. The van der Waals surface area contributed by atoms with E-state index in [1.165, 1.54) is 18.2 Å². The number of aromatic nitrogens is 3. The number of hydrogen-bond donors (Lipinski definition) is 1. The summed E-state index contributed by atoms with van der Waals surface area (Å²) in [5.41, 5.74) is 1.26. The standard InChI is InChI=1S/C25H28F3N5O2/c1-32(22-20-7-12-29-21(20)30-16-31-22)18-5-8-24(9-6-18)10-13-33(14-11-24)23(34)17-3-2-4-19(15-17)35-25(26,27)28/h2-4,7,12,15-16,18H,5-6,8-11,13-14H2,1H3,(H,29,30,31). The molecule has 3 heterocycles. The van der Waals surface area contributed by atoms with Crippen LogP contribution in [0.25, 0.3) is 11.0 Å². The highest BCUT2D eigenvalue weighted by molar-refractivity contribution is 5.94. The Kier molecular flexibility index (Phi) is 6.06. The molecule has 3 aromatic rings. The lowest BCUT2D eigenvalue weighted by atomic mass is 9.66. The first-order valence-corrected chi connectivity index (χ1v) is 11.9. The number of rotatable bonds is 4. The Hall–Kier alpha value is -3.30. The van der Waals surface area contributed by atoms with Gasteiger partial charge in [-0.15, -0.1) is 13.2 Å². The molecule has 1 aliphatic carbocycles. The Bertz CT molecular complexity index is 1190. The van der Waals surface area contributed by atoms with Gasteiger partial charge in [0.05, 0.1) is 5.39 Å². The number of likely N-dealkylation sites (tertiary alicyclic amines) is 1. The van der Waals surface area contributed by atoms with Crippen molar-refractivity contribution < 1.29 is 22.7 Å². The Morgan fingerprint density at radius 3 is 2.60 bits per heavy atom. The zero-order valence-corrected chi connectivity index (χ0v) is 19.5. The molecule has 0 radical (unpaired) electrons. The van der Waals surface area contributed by atoms with Crippen molar-refractivity contribution in [1.82, 2.24) is 19.9 Å². The monoisotopic (exact) mass is 487 g/mol. The highest BCUT2D eigenvalue weighted by atomic mass is 19.4. The highest BCUT2D eigenvalue weighted by Gasteiger charge is 2.40. The Morgan fingerprint density at radius 1 is 1.14 bits per heavy atom. The summed E-state index contributed by atoms with van der Waals surface area (Å²) >= 11 is 0. The number of piperidine rings is 1. The number of carbonyl (C=O) groups is 1. The molecule has 2 aliphatic rings. The van der Waals surface area contributed by atoms with Gasteiger partial charge in [0.25, 0.3) is 5.91 Å². The summed E-state index contributed by atoms with van der Waals surface area (Å²) in [5, 5.41) is 1.02. The van der Waals surface area contributed by atoms with Gasteiger partial charge in [0.1, 0.15) is 23.5 Å². The van der Waals surface area contributed by atoms with Gasteiger partial charge in [-0.05, 0) is 68.2 Å². The van der Waals surface area contributed by atoms with Crippen LogP contribution in [0.15, 0.2) is 42.9 Å². The lowest BCUT2D eigenvalue weighted by Crippen LogP contribution is -2.46. The second-order valence-corrected chi connectivity index (χ2v) is 9.65. The van der Waals surface area contributed by atoms with E-state index in [2.05, 4.69) is 31.6 Å². The SMILES string of the molecule is CN(c1ncnc2[nH]ccc12)C1CCC2(CC1)CCN(C(=O)c1cccc(OC(F)(F)F)c1)CC2. The van der Waals surface area contributed by atoms with E-state index in [1.807, 2.05) is 12.3 Å². The molecule has 1 aromatic carbocycles. The van der Waals surface area contributed by atoms with E-state index in [0.29, 0.717) is 19.1 Å². The van der Waals surface area contributed by atoms with Crippen LogP contribution in [0.3, 0.4) is 0 Å². The van der Waals surface area contributed by atoms with E-state index in [0.717, 1.165) is 61.4 Å². The molecule has 1 N–H and O–H groups in total. The summed E-state index contributed by atoms with van der Waals surface area (Å²) in [7, 11) is 2.09. The lowest BCUT2D eigenvalue weighted by molar-refractivity contribution is -0.274. The van der Waals surface area contributed by atoms with Crippen LogP contribution in [0.4, 0.5) is 19.0 Å². The number of nitrogens with zero attached hydrogens (tertiary/aromatic N) is 4. The van der Waals surface area contributed by atoms with Crippen LogP contribution >= 0.6 is 0 Å². The van der Waals surface area contributed by atoms with Crippen molar-refractivity contribution in [3.63, 3.8) is 0 Å². The van der Waals surface area contributed by atoms with Crippen LogP contribution in [0.2, 0.25) is 0 Å². The maximum absolute atomic E-state index is 12.9. The molecule has 0 bridgehead atoms. The first kappa shape index (κ1) is 23.4. The molecule has 1 saturated carbocycles. The maximum atomic E-state index is 12.9. The van der Waals surface area contributed by atoms with Gasteiger partial charge in [-0.3, -0.25) is 4.79 Å². The van der Waals surface area contributed by atoms with Crippen LogP contribution < -0.4 is 9.64 Å². The van der Waals surface area contributed by atoms with E-state index in [1.54, 1.807) is 11.2 Å². The van der Waals surface area contributed by atoms with Crippen molar-refractivity contribution in [2.24, 2.45) is 5.41 Å². The van der Waals surface area contributed by atoms with Gasteiger partial charge in [0, 0.05) is 37.9 Å². The molecule has 1 saturated heterocycles. The minimum absolute atomic E-state index is 0.213. The molecule has 1 aliphatic heterocycles. The fraction of sp³-hybridized carbons (Fsp3) is 0.480. The van der Waals surface area contributed by atoms with Gasteiger partial charge in [-0.1, -0.05) is 6.07 Å². The van der Waals surface area contributed by atoms with E-state index < -0.39 is 6.36 Å². The van der Waals surface area contributed by atoms with E-state index >= 15 is 0 Å². The van der Waals surface area contributed by atoms with Gasteiger partial charge >= 0.3 is 6.36 Å². The van der Waals surface area contributed by atoms with Crippen molar-refractivity contribution in [1.29, 1.82) is 0 Å². The molecular formula is C25H28F3N5O2. The Labute approximate surface area is 201 Å². The van der Waals surface area contributed by atoms with Gasteiger partial charge in [0.2, 0.25) is 0 Å². The number of anilines is 1. The zero-order chi connectivity index (χ0) is 24.6. The van der Waals surface area contributed by atoms with Crippen molar-refractivity contribution >= 4 is 22.8 Å². The molecule has 2 fully saturated rings. The number of hydrogen-bond acceptors (Lipinski definition) is 5. The number of H-pyrrole nitrogens is 1. The first-order valence-electron chi connectivity index (χ1n) is 11.9. The zero-order valence-electron chi connectivity index (χ0n) is 19.5. The molecule has 5 rings (SSSR count). The van der Waals surface area contributed by atoms with Crippen LogP contribution in [0.5, 0.6) is 5.75 Å². The molecule has 2 aromatic heterocycles. The number of fused-ring (bicyclic) bond motifs is 1. The highest BCUT2D eigenvalue weighted by Crippen LogP contribution is 2.46. The quantitative estimate of drug-likeness (QED) is 0.551. The summed E-state index contributed by atoms with van der Waals surface area (Å²) < 4.78 is 41.6. The van der Waals surface area contributed by atoms with Gasteiger partial charge in [0.15, 0.2) is 0 Å². The Balaban J connectivity index is 1.18. The van der Waals surface area contributed by atoms with Crippen LogP contribution in [-0.2, 0) is 0 Å². The van der Waals surface area contributed by atoms with E-state index in [4.69, 9.17) is 0 Å². The number of aromatic amines is 1. The molecule has 0 unspecified atom stereocenters. The molecule has 186 valence electrons. The molecule has 35 heavy (non-hydrogen) atoms. The molecule has 7 nitrogen and oxygen atoms in total. The third-order valence-corrected chi connectivity index (χ3v) is 7.66. The van der Waals surface area contributed by atoms with E-state index in [-0.39, 0.29) is 22.6 Å². The number of benzene rings is 1.